The van der Waals surface area contributed by atoms with Crippen LogP contribution in [0.4, 0.5) is 0 Å². The van der Waals surface area contributed by atoms with Crippen molar-refractivity contribution >= 4 is 64.1 Å². The zero-order valence-corrected chi connectivity index (χ0v) is 14.7. The smallest absolute Gasteiger partial charge is 0.194 e. The fourth-order valence-electron chi connectivity index (χ4n) is 1.56. The molecular weight excluding hydrogens is 463 g/mol. The summed E-state index contributed by atoms with van der Waals surface area (Å²) in [6.45, 7) is 2.58. The Morgan fingerprint density at radius 3 is 2.88 bits per heavy atom. The van der Waals surface area contributed by atoms with Gasteiger partial charge in [-0.05, 0) is 40.3 Å². The molecule has 6 heteroatoms. The molecule has 0 fully saturated rings. The highest BCUT2D eigenvalue weighted by atomic mass is 127. The summed E-state index contributed by atoms with van der Waals surface area (Å²) in [5.41, 5.74) is 1.10. The van der Waals surface area contributed by atoms with E-state index in [1.54, 1.807) is 0 Å². The van der Waals surface area contributed by atoms with Crippen LogP contribution in [0.3, 0.4) is 0 Å². The molecule has 0 spiro atoms. The first kappa shape index (κ1) is 15.3. The monoisotopic (exact) mass is 477 g/mol. The predicted molar refractivity (Wildman–Crippen MR) is 91.4 cm³/mol. The fourth-order valence-corrected chi connectivity index (χ4v) is 2.49. The Hall–Kier alpha value is 0.240. The minimum Gasteiger partial charge on any atom is -0.352 e. The van der Waals surface area contributed by atoms with E-state index in [0.29, 0.717) is 0 Å². The van der Waals surface area contributed by atoms with Gasteiger partial charge in [0.1, 0.15) is 0 Å². The first-order chi connectivity index (χ1) is 7.66. The number of guanidine groups is 1. The van der Waals surface area contributed by atoms with E-state index in [-0.39, 0.29) is 24.0 Å². The van der Waals surface area contributed by atoms with Gasteiger partial charge in [0.05, 0.1) is 6.54 Å². The first-order valence-corrected chi connectivity index (χ1v) is 6.56. The Morgan fingerprint density at radius 1 is 1.53 bits per heavy atom. The van der Waals surface area contributed by atoms with Crippen molar-refractivity contribution in [2.45, 2.75) is 6.54 Å². The van der Waals surface area contributed by atoms with Crippen molar-refractivity contribution in [3.63, 3.8) is 0 Å². The molecule has 3 nitrogen and oxygen atoms in total. The second-order valence-electron chi connectivity index (χ2n) is 3.72. The molecule has 1 aliphatic rings. The van der Waals surface area contributed by atoms with Crippen molar-refractivity contribution in [1.82, 2.24) is 10.2 Å². The van der Waals surface area contributed by atoms with E-state index >= 15 is 0 Å². The zero-order valence-electron chi connectivity index (χ0n) is 9.41. The number of hydrogen-bond donors (Lipinski definition) is 1. The van der Waals surface area contributed by atoms with E-state index < -0.39 is 0 Å². The highest BCUT2D eigenvalue weighted by molar-refractivity contribution is 14.1. The van der Waals surface area contributed by atoms with Gasteiger partial charge < -0.3 is 10.2 Å². The standard InChI is InChI=1S/C11H13ClIN3.HI/c1-16-5-4-14-11(16)15-7-8-2-3-9(13)6-10(8)12;/h2-3,6H,4-5,7H2,1H3,(H,14,15);1H. The number of rotatable bonds is 2. The number of likely N-dealkylation sites (N-methyl/N-ethyl adjacent to an activating group) is 1. The Balaban J connectivity index is 0.00000144. The van der Waals surface area contributed by atoms with Gasteiger partial charge in [0.15, 0.2) is 5.96 Å². The third-order valence-electron chi connectivity index (χ3n) is 2.51. The Bertz CT molecular complexity index is 423. The number of nitrogens with one attached hydrogen (secondary N) is 1. The van der Waals surface area contributed by atoms with Gasteiger partial charge in [-0.3, -0.25) is 4.99 Å². The summed E-state index contributed by atoms with van der Waals surface area (Å²) in [4.78, 5) is 6.48. The minimum atomic E-state index is 0. The lowest BCUT2D eigenvalue weighted by Gasteiger charge is -2.15. The van der Waals surface area contributed by atoms with Crippen LogP contribution in [0.2, 0.25) is 5.02 Å². The van der Waals surface area contributed by atoms with E-state index in [0.717, 1.165) is 39.8 Å². The van der Waals surface area contributed by atoms with Crippen LogP contribution in [-0.4, -0.2) is 31.0 Å². The van der Waals surface area contributed by atoms with Gasteiger partial charge in [0, 0.05) is 28.7 Å². The topological polar surface area (TPSA) is 27.6 Å². The maximum absolute atomic E-state index is 6.15. The van der Waals surface area contributed by atoms with Gasteiger partial charge in [-0.15, -0.1) is 24.0 Å². The molecule has 1 aromatic carbocycles. The second kappa shape index (κ2) is 6.98. The van der Waals surface area contributed by atoms with Gasteiger partial charge >= 0.3 is 0 Å². The third-order valence-corrected chi connectivity index (χ3v) is 3.53. The maximum Gasteiger partial charge on any atom is 0.194 e. The van der Waals surface area contributed by atoms with Crippen LogP contribution in [0.15, 0.2) is 23.2 Å². The summed E-state index contributed by atoms with van der Waals surface area (Å²) in [6, 6.07) is 6.08. The highest BCUT2D eigenvalue weighted by Crippen LogP contribution is 2.18. The van der Waals surface area contributed by atoms with Crippen LogP contribution in [0.1, 0.15) is 5.56 Å². The lowest BCUT2D eigenvalue weighted by atomic mass is 10.2. The molecule has 0 unspecified atom stereocenters. The van der Waals surface area contributed by atoms with E-state index in [1.165, 1.54) is 0 Å². The SMILES string of the molecule is CN1CCN=C1NCc1ccc(I)cc1Cl.I. The van der Waals surface area contributed by atoms with E-state index in [4.69, 9.17) is 11.6 Å². The highest BCUT2D eigenvalue weighted by Gasteiger charge is 2.11. The first-order valence-electron chi connectivity index (χ1n) is 5.10. The van der Waals surface area contributed by atoms with Crippen LogP contribution >= 0.6 is 58.2 Å². The molecule has 0 saturated carbocycles. The van der Waals surface area contributed by atoms with Crippen molar-refractivity contribution in [2.75, 3.05) is 20.1 Å². The maximum atomic E-state index is 6.15. The Kier molecular flexibility index (Phi) is 6.28. The molecule has 0 atom stereocenters. The van der Waals surface area contributed by atoms with E-state index in [1.807, 2.05) is 19.2 Å². The second-order valence-corrected chi connectivity index (χ2v) is 5.37. The van der Waals surface area contributed by atoms with Crippen molar-refractivity contribution in [2.24, 2.45) is 4.99 Å². The summed E-state index contributed by atoms with van der Waals surface area (Å²) < 4.78 is 1.15. The molecule has 94 valence electrons. The number of hydrogen-bond acceptors (Lipinski definition) is 3. The van der Waals surface area contributed by atoms with Gasteiger partial charge in [-0.25, -0.2) is 0 Å². The minimum absolute atomic E-state index is 0. The van der Waals surface area contributed by atoms with Gasteiger partial charge in [0.2, 0.25) is 0 Å². The molecule has 0 amide bonds. The molecule has 0 aliphatic carbocycles. The number of aliphatic imine (C=N–C) groups is 1. The summed E-state index contributed by atoms with van der Waals surface area (Å²) in [6.07, 6.45) is 0. The molecule has 2 rings (SSSR count). The van der Waals surface area contributed by atoms with Gasteiger partial charge in [-0.1, -0.05) is 17.7 Å². The summed E-state index contributed by atoms with van der Waals surface area (Å²) in [5, 5.41) is 4.10. The Labute approximate surface area is 137 Å². The predicted octanol–water partition coefficient (Wildman–Crippen LogP) is 2.95. The van der Waals surface area contributed by atoms with E-state index in [9.17, 15) is 0 Å². The molecule has 1 aromatic rings. The van der Waals surface area contributed by atoms with Crippen molar-refractivity contribution in [3.05, 3.63) is 32.4 Å². The fraction of sp³-hybridized carbons (Fsp3) is 0.364. The molecule has 0 radical (unpaired) electrons. The number of halogens is 3. The molecule has 0 saturated heterocycles. The quantitative estimate of drug-likeness (QED) is 0.664. The van der Waals surface area contributed by atoms with Crippen LogP contribution in [0.25, 0.3) is 0 Å². The zero-order chi connectivity index (χ0) is 11.5. The lowest BCUT2D eigenvalue weighted by Crippen LogP contribution is -2.35. The molecular formula is C11H14ClI2N3. The molecule has 0 aromatic heterocycles. The van der Waals surface area contributed by atoms with Crippen LogP contribution in [0.5, 0.6) is 0 Å². The Morgan fingerprint density at radius 2 is 2.29 bits per heavy atom. The third kappa shape index (κ3) is 4.13. The normalized spacial score (nSPS) is 14.3. The van der Waals surface area contributed by atoms with Crippen LogP contribution < -0.4 is 5.32 Å². The molecule has 1 heterocycles. The van der Waals surface area contributed by atoms with Gasteiger partial charge in [-0.2, -0.15) is 0 Å². The molecule has 1 aliphatic heterocycles. The van der Waals surface area contributed by atoms with Gasteiger partial charge in [0.25, 0.3) is 0 Å². The average molecular weight is 478 g/mol. The summed E-state index contributed by atoms with van der Waals surface area (Å²) in [5.74, 6) is 0.953. The number of nitrogens with zero attached hydrogens (tertiary/aromatic N) is 2. The number of benzene rings is 1. The van der Waals surface area contributed by atoms with Crippen molar-refractivity contribution < 1.29 is 0 Å². The van der Waals surface area contributed by atoms with Crippen molar-refractivity contribution in [3.8, 4) is 0 Å². The summed E-state index contributed by atoms with van der Waals surface area (Å²) >= 11 is 8.41. The summed E-state index contributed by atoms with van der Waals surface area (Å²) in [7, 11) is 2.04. The molecule has 0 bridgehead atoms. The van der Waals surface area contributed by atoms with Crippen molar-refractivity contribution in [1.29, 1.82) is 0 Å². The van der Waals surface area contributed by atoms with Crippen LogP contribution in [0, 0.1) is 3.57 Å². The largest absolute Gasteiger partial charge is 0.352 e. The molecule has 17 heavy (non-hydrogen) atoms. The van der Waals surface area contributed by atoms with Crippen LogP contribution in [-0.2, 0) is 6.54 Å². The molecule has 1 N–H and O–H groups in total. The average Bonchev–Trinajstić information content (AvgIpc) is 2.63. The lowest BCUT2D eigenvalue weighted by molar-refractivity contribution is 0.534. The van der Waals surface area contributed by atoms with E-state index in [2.05, 4.69) is 43.9 Å².